The Morgan fingerprint density at radius 3 is 2.68 bits per heavy atom. The van der Waals surface area contributed by atoms with Crippen LogP contribution in [0.5, 0.6) is 0 Å². The lowest BCUT2D eigenvalue weighted by atomic mass is 9.98. The van der Waals surface area contributed by atoms with Gasteiger partial charge < -0.3 is 4.90 Å². The molecule has 2 aromatic rings. The highest BCUT2D eigenvalue weighted by atomic mass is 32.2. The molecule has 0 bridgehead atoms. The number of rotatable bonds is 4. The first-order valence-electron chi connectivity index (χ1n) is 9.51. The first kappa shape index (κ1) is 18.7. The van der Waals surface area contributed by atoms with E-state index in [-0.39, 0.29) is 22.6 Å². The van der Waals surface area contributed by atoms with Gasteiger partial charge in [-0.3, -0.25) is 14.5 Å². The van der Waals surface area contributed by atoms with Crippen LogP contribution in [0.25, 0.3) is 0 Å². The molecule has 1 N–H and O–H groups in total. The Morgan fingerprint density at radius 1 is 1.18 bits per heavy atom. The zero-order valence-electron chi connectivity index (χ0n) is 15.9. The van der Waals surface area contributed by atoms with Gasteiger partial charge in [-0.2, -0.15) is 0 Å². The van der Waals surface area contributed by atoms with Crippen LogP contribution < -0.4 is 9.62 Å². The van der Waals surface area contributed by atoms with Crippen LogP contribution in [-0.2, 0) is 21.2 Å². The lowest BCUT2D eigenvalue weighted by molar-refractivity contribution is -0.120. The molecule has 0 fully saturated rings. The molecule has 2 atom stereocenters. The average molecular weight is 398 g/mol. The number of hydrogen-bond acceptors (Lipinski definition) is 4. The van der Waals surface area contributed by atoms with E-state index >= 15 is 0 Å². The molecule has 2 aliphatic heterocycles. The van der Waals surface area contributed by atoms with E-state index in [1.54, 1.807) is 29.2 Å². The fourth-order valence-corrected chi connectivity index (χ4v) is 4.98. The third-order valence-electron chi connectivity index (χ3n) is 5.52. The number of para-hydroxylation sites is 1. The van der Waals surface area contributed by atoms with Crippen LogP contribution in [0.4, 0.5) is 5.69 Å². The standard InChI is InChI=1S/C21H23N3O3S/c1-3-14(2)19(21(25)24-13-12-15-8-4-6-10-17(15)24)22-20-16-9-5-7-11-18(16)28(26,27)23-20/h4-11,14,19H,3,12-13H2,1-2H3,(H,22,23)/t14-,19-/m0/s1. The van der Waals surface area contributed by atoms with Gasteiger partial charge in [0.1, 0.15) is 11.9 Å². The molecule has 28 heavy (non-hydrogen) atoms. The summed E-state index contributed by atoms with van der Waals surface area (Å²) in [6.07, 6.45) is 1.58. The Hall–Kier alpha value is -2.67. The molecule has 2 aliphatic rings. The second kappa shape index (κ2) is 7.05. The molecule has 0 aliphatic carbocycles. The maximum atomic E-state index is 13.4. The number of benzene rings is 2. The van der Waals surface area contributed by atoms with E-state index in [2.05, 4.69) is 9.71 Å². The minimum Gasteiger partial charge on any atom is -0.310 e. The summed E-state index contributed by atoms with van der Waals surface area (Å²) in [5.41, 5.74) is 2.59. The normalized spacial score (nSPS) is 20.4. The number of amides is 1. The third kappa shape index (κ3) is 3.09. The molecule has 7 heteroatoms. The maximum absolute atomic E-state index is 13.4. The fourth-order valence-electron chi connectivity index (χ4n) is 3.74. The predicted molar refractivity (Wildman–Crippen MR) is 109 cm³/mol. The number of carbonyl (C=O) groups is 1. The van der Waals surface area contributed by atoms with Gasteiger partial charge in [-0.15, -0.1) is 0 Å². The van der Waals surface area contributed by atoms with E-state index < -0.39 is 16.1 Å². The van der Waals surface area contributed by atoms with Crippen LogP contribution in [0, 0.1) is 5.92 Å². The summed E-state index contributed by atoms with van der Waals surface area (Å²) >= 11 is 0. The van der Waals surface area contributed by atoms with Crippen LogP contribution in [0.2, 0.25) is 0 Å². The Kier molecular flexibility index (Phi) is 4.71. The fraction of sp³-hybridized carbons (Fsp3) is 0.333. The number of fused-ring (bicyclic) bond motifs is 2. The first-order chi connectivity index (χ1) is 13.4. The molecule has 0 unspecified atom stereocenters. The topological polar surface area (TPSA) is 78.8 Å². The highest BCUT2D eigenvalue weighted by Crippen LogP contribution is 2.30. The van der Waals surface area contributed by atoms with E-state index in [1.165, 1.54) is 0 Å². The molecule has 0 radical (unpaired) electrons. The van der Waals surface area contributed by atoms with Crippen LogP contribution in [0.1, 0.15) is 31.4 Å². The van der Waals surface area contributed by atoms with Gasteiger partial charge >= 0.3 is 0 Å². The van der Waals surface area contributed by atoms with Crippen molar-refractivity contribution in [2.24, 2.45) is 10.9 Å². The minimum atomic E-state index is -3.63. The zero-order valence-corrected chi connectivity index (χ0v) is 16.7. The van der Waals surface area contributed by atoms with Crippen molar-refractivity contribution in [3.63, 3.8) is 0 Å². The number of nitrogens with one attached hydrogen (secondary N) is 1. The second-order valence-corrected chi connectivity index (χ2v) is 8.93. The van der Waals surface area contributed by atoms with Crippen molar-refractivity contribution in [3.8, 4) is 0 Å². The molecule has 4 rings (SSSR count). The summed E-state index contributed by atoms with van der Waals surface area (Å²) in [6, 6.07) is 14.0. The molecule has 0 saturated carbocycles. The lowest BCUT2D eigenvalue weighted by Gasteiger charge is -2.25. The highest BCUT2D eigenvalue weighted by Gasteiger charge is 2.36. The van der Waals surface area contributed by atoms with E-state index in [0.29, 0.717) is 12.1 Å². The van der Waals surface area contributed by atoms with Gasteiger partial charge in [0.05, 0.1) is 4.90 Å². The van der Waals surface area contributed by atoms with Gasteiger partial charge in [0.15, 0.2) is 0 Å². The number of anilines is 1. The van der Waals surface area contributed by atoms with Crippen molar-refractivity contribution in [2.75, 3.05) is 11.4 Å². The van der Waals surface area contributed by atoms with Gasteiger partial charge in [-0.05, 0) is 36.1 Å². The monoisotopic (exact) mass is 397 g/mol. The first-order valence-corrected chi connectivity index (χ1v) is 11.0. The molecule has 1 amide bonds. The molecule has 146 valence electrons. The number of hydrogen-bond donors (Lipinski definition) is 1. The Balaban J connectivity index is 1.73. The molecule has 0 saturated heterocycles. The van der Waals surface area contributed by atoms with E-state index in [1.807, 2.05) is 38.1 Å². The van der Waals surface area contributed by atoms with Crippen molar-refractivity contribution >= 4 is 27.5 Å². The second-order valence-electron chi connectivity index (χ2n) is 7.28. The lowest BCUT2D eigenvalue weighted by Crippen LogP contribution is -2.41. The van der Waals surface area contributed by atoms with Gasteiger partial charge in [0.2, 0.25) is 0 Å². The smallest absolute Gasteiger partial charge is 0.263 e. The van der Waals surface area contributed by atoms with Gasteiger partial charge in [-0.25, -0.2) is 8.42 Å². The maximum Gasteiger partial charge on any atom is 0.263 e. The SMILES string of the molecule is CC[C@H](C)[C@H](N=C1NS(=O)(=O)c2ccccc21)C(=O)N1CCc2ccccc21. The quantitative estimate of drug-likeness (QED) is 0.862. The predicted octanol–water partition coefficient (Wildman–Crippen LogP) is 2.73. The largest absolute Gasteiger partial charge is 0.310 e. The number of carbonyl (C=O) groups excluding carboxylic acids is 1. The Morgan fingerprint density at radius 2 is 1.89 bits per heavy atom. The molecule has 6 nitrogen and oxygen atoms in total. The Labute approximate surface area is 165 Å². The van der Waals surface area contributed by atoms with Gasteiger partial charge in [0.25, 0.3) is 15.9 Å². The highest BCUT2D eigenvalue weighted by molar-refractivity contribution is 7.90. The number of amidine groups is 1. The van der Waals surface area contributed by atoms with Gasteiger partial charge in [0, 0.05) is 17.8 Å². The molecule has 2 heterocycles. The number of aliphatic imine (C=N–C) groups is 1. The van der Waals surface area contributed by atoms with E-state index in [0.717, 1.165) is 24.1 Å². The summed E-state index contributed by atoms with van der Waals surface area (Å²) < 4.78 is 27.3. The van der Waals surface area contributed by atoms with Gasteiger partial charge in [-0.1, -0.05) is 50.6 Å². The summed E-state index contributed by atoms with van der Waals surface area (Å²) in [7, 11) is -3.63. The minimum absolute atomic E-state index is 0.0231. The van der Waals surface area contributed by atoms with Crippen molar-refractivity contribution in [1.82, 2.24) is 4.72 Å². The Bertz CT molecular complexity index is 1060. The van der Waals surface area contributed by atoms with Crippen molar-refractivity contribution in [2.45, 2.75) is 37.6 Å². The summed E-state index contributed by atoms with van der Waals surface area (Å²) in [5, 5.41) is 0. The number of nitrogens with zero attached hydrogens (tertiary/aromatic N) is 2. The zero-order chi connectivity index (χ0) is 19.9. The third-order valence-corrected chi connectivity index (χ3v) is 6.92. The summed E-state index contributed by atoms with van der Waals surface area (Å²) in [4.78, 5) is 20.0. The molecule has 0 aromatic heterocycles. The van der Waals surface area contributed by atoms with Crippen LogP contribution in [-0.4, -0.2) is 32.7 Å². The van der Waals surface area contributed by atoms with E-state index in [4.69, 9.17) is 0 Å². The summed E-state index contributed by atoms with van der Waals surface area (Å²) in [6.45, 7) is 4.61. The van der Waals surface area contributed by atoms with Crippen LogP contribution in [0.3, 0.4) is 0 Å². The molecule has 2 aromatic carbocycles. The average Bonchev–Trinajstić information content (AvgIpc) is 3.24. The van der Waals surface area contributed by atoms with Crippen LogP contribution >= 0.6 is 0 Å². The number of sulfonamides is 1. The van der Waals surface area contributed by atoms with E-state index in [9.17, 15) is 13.2 Å². The summed E-state index contributed by atoms with van der Waals surface area (Å²) in [5.74, 6) is 0.141. The van der Waals surface area contributed by atoms with Crippen molar-refractivity contribution in [3.05, 3.63) is 59.7 Å². The van der Waals surface area contributed by atoms with Crippen molar-refractivity contribution < 1.29 is 13.2 Å². The molecular formula is C21H23N3O3S. The van der Waals surface area contributed by atoms with Crippen molar-refractivity contribution in [1.29, 1.82) is 0 Å². The molecule has 0 spiro atoms. The molecular weight excluding hydrogens is 374 g/mol. The van der Waals surface area contributed by atoms with Crippen LogP contribution in [0.15, 0.2) is 58.4 Å².